The maximum atomic E-state index is 12.5. The summed E-state index contributed by atoms with van der Waals surface area (Å²) in [4.78, 5) is 29.3. The van der Waals surface area contributed by atoms with Gasteiger partial charge in [-0.3, -0.25) is 14.9 Å². The largest absolute Gasteiger partial charge is 0.494 e. The molecule has 28 heavy (non-hydrogen) atoms. The van der Waals surface area contributed by atoms with E-state index in [0.29, 0.717) is 21.6 Å². The van der Waals surface area contributed by atoms with Crippen LogP contribution >= 0.6 is 22.7 Å². The van der Waals surface area contributed by atoms with Gasteiger partial charge >= 0.3 is 0 Å². The molecule has 8 heteroatoms. The molecular weight excluding hydrogens is 394 g/mol. The molecule has 2 N–H and O–H groups in total. The average molecular weight is 414 g/mol. The molecule has 1 fully saturated rings. The smallest absolute Gasteiger partial charge is 0.267 e. The summed E-state index contributed by atoms with van der Waals surface area (Å²) >= 11 is 2.63. The number of nitrogens with one attached hydrogen (secondary N) is 2. The second-order valence-electron chi connectivity index (χ2n) is 6.38. The standard InChI is InChI=1S/C20H19N3O3S2/c1-2-26-14-7-5-12(6-8-14)15-11-27-20(21-15)23-19(25)16-9-10-17(28-16)22-18(24)13-3-4-13/h5-11,13H,2-4H2,1H3,(H,22,24)(H,21,23,25). The molecule has 2 amide bonds. The number of benzene rings is 1. The Bertz CT molecular complexity index is 990. The van der Waals surface area contributed by atoms with Crippen molar-refractivity contribution >= 4 is 44.6 Å². The highest BCUT2D eigenvalue weighted by molar-refractivity contribution is 7.18. The Morgan fingerprint density at radius 2 is 1.93 bits per heavy atom. The molecular formula is C20H19N3O3S2. The summed E-state index contributed by atoms with van der Waals surface area (Å²) in [5, 5.41) is 8.81. The first-order valence-electron chi connectivity index (χ1n) is 9.03. The number of hydrogen-bond acceptors (Lipinski definition) is 6. The monoisotopic (exact) mass is 413 g/mol. The van der Waals surface area contributed by atoms with Gasteiger partial charge in [-0.05, 0) is 56.2 Å². The highest BCUT2D eigenvalue weighted by Gasteiger charge is 2.29. The molecule has 144 valence electrons. The minimum Gasteiger partial charge on any atom is -0.494 e. The van der Waals surface area contributed by atoms with Gasteiger partial charge in [0.1, 0.15) is 5.75 Å². The minimum atomic E-state index is -0.232. The molecule has 0 unspecified atom stereocenters. The molecule has 0 atom stereocenters. The SMILES string of the molecule is CCOc1ccc(-c2csc(NC(=O)c3ccc(NC(=O)C4CC4)s3)n2)cc1. The van der Waals surface area contributed by atoms with Crippen LogP contribution in [-0.2, 0) is 4.79 Å². The number of carbonyl (C=O) groups excluding carboxylic acids is 2. The third kappa shape index (κ3) is 4.40. The number of thiophene rings is 1. The highest BCUT2D eigenvalue weighted by atomic mass is 32.1. The number of carbonyl (C=O) groups is 2. The fourth-order valence-corrected chi connectivity index (χ4v) is 4.13. The Balaban J connectivity index is 1.38. The fourth-order valence-electron chi connectivity index (χ4n) is 2.61. The van der Waals surface area contributed by atoms with Gasteiger partial charge in [0, 0.05) is 16.9 Å². The molecule has 1 aromatic carbocycles. The first kappa shape index (κ1) is 18.6. The minimum absolute atomic E-state index is 0.0359. The average Bonchev–Trinajstić information content (AvgIpc) is 3.28. The van der Waals surface area contributed by atoms with Crippen LogP contribution in [0.3, 0.4) is 0 Å². The molecule has 0 bridgehead atoms. The lowest BCUT2D eigenvalue weighted by molar-refractivity contribution is -0.117. The van der Waals surface area contributed by atoms with E-state index in [4.69, 9.17) is 4.74 Å². The van der Waals surface area contributed by atoms with Crippen LogP contribution in [0.5, 0.6) is 5.75 Å². The van der Waals surface area contributed by atoms with Crippen molar-refractivity contribution in [2.45, 2.75) is 19.8 Å². The van der Waals surface area contributed by atoms with Gasteiger partial charge in [0.2, 0.25) is 5.91 Å². The summed E-state index contributed by atoms with van der Waals surface area (Å²) in [6.45, 7) is 2.57. The van der Waals surface area contributed by atoms with Crippen LogP contribution in [0.1, 0.15) is 29.4 Å². The Labute approximate surface area is 170 Å². The summed E-state index contributed by atoms with van der Waals surface area (Å²) in [6, 6.07) is 11.2. The Hall–Kier alpha value is -2.71. The van der Waals surface area contributed by atoms with E-state index >= 15 is 0 Å². The zero-order valence-electron chi connectivity index (χ0n) is 15.2. The van der Waals surface area contributed by atoms with Crippen molar-refractivity contribution in [2.75, 3.05) is 17.2 Å². The zero-order valence-corrected chi connectivity index (χ0v) is 16.9. The molecule has 3 aromatic rings. The van der Waals surface area contributed by atoms with Crippen molar-refractivity contribution in [3.8, 4) is 17.0 Å². The van der Waals surface area contributed by atoms with Gasteiger partial charge < -0.3 is 10.1 Å². The van der Waals surface area contributed by atoms with Crippen molar-refractivity contribution in [1.82, 2.24) is 4.98 Å². The summed E-state index contributed by atoms with van der Waals surface area (Å²) < 4.78 is 5.45. The number of aromatic nitrogens is 1. The van der Waals surface area contributed by atoms with Crippen LogP contribution in [-0.4, -0.2) is 23.4 Å². The van der Waals surface area contributed by atoms with Crippen LogP contribution in [0.25, 0.3) is 11.3 Å². The number of nitrogens with zero attached hydrogens (tertiary/aromatic N) is 1. The lowest BCUT2D eigenvalue weighted by atomic mass is 10.2. The van der Waals surface area contributed by atoms with Crippen LogP contribution in [0.2, 0.25) is 0 Å². The molecule has 0 radical (unpaired) electrons. The highest BCUT2D eigenvalue weighted by Crippen LogP contribution is 2.32. The van der Waals surface area contributed by atoms with Crippen molar-refractivity contribution in [2.24, 2.45) is 5.92 Å². The molecule has 4 rings (SSSR count). The fraction of sp³-hybridized carbons (Fsp3) is 0.250. The zero-order chi connectivity index (χ0) is 19.5. The van der Waals surface area contributed by atoms with Gasteiger partial charge in [0.05, 0.1) is 22.2 Å². The van der Waals surface area contributed by atoms with Crippen molar-refractivity contribution in [3.63, 3.8) is 0 Å². The maximum absolute atomic E-state index is 12.5. The molecule has 0 saturated heterocycles. The Kier molecular flexibility index (Phi) is 5.40. The van der Waals surface area contributed by atoms with Crippen LogP contribution in [0.4, 0.5) is 10.1 Å². The van der Waals surface area contributed by atoms with E-state index in [1.54, 1.807) is 12.1 Å². The van der Waals surface area contributed by atoms with Gasteiger partial charge in [-0.2, -0.15) is 0 Å². The normalized spacial score (nSPS) is 13.2. The van der Waals surface area contributed by atoms with Gasteiger partial charge in [-0.1, -0.05) is 0 Å². The van der Waals surface area contributed by atoms with E-state index in [0.717, 1.165) is 29.8 Å². The van der Waals surface area contributed by atoms with Crippen molar-refractivity contribution in [1.29, 1.82) is 0 Å². The number of rotatable bonds is 7. The molecule has 0 aliphatic heterocycles. The van der Waals surface area contributed by atoms with E-state index in [2.05, 4.69) is 15.6 Å². The van der Waals surface area contributed by atoms with Gasteiger partial charge in [0.15, 0.2) is 5.13 Å². The van der Waals surface area contributed by atoms with Gasteiger partial charge in [-0.15, -0.1) is 22.7 Å². The van der Waals surface area contributed by atoms with E-state index < -0.39 is 0 Å². The lowest BCUT2D eigenvalue weighted by Gasteiger charge is -2.03. The number of amides is 2. The maximum Gasteiger partial charge on any atom is 0.267 e. The second-order valence-corrected chi connectivity index (χ2v) is 8.32. The molecule has 2 heterocycles. The van der Waals surface area contributed by atoms with Crippen LogP contribution < -0.4 is 15.4 Å². The van der Waals surface area contributed by atoms with Gasteiger partial charge in [0.25, 0.3) is 5.91 Å². The molecule has 1 aliphatic rings. The lowest BCUT2D eigenvalue weighted by Crippen LogP contribution is -2.12. The van der Waals surface area contributed by atoms with Crippen LogP contribution in [0.15, 0.2) is 41.8 Å². The third-order valence-corrected chi connectivity index (χ3v) is 5.97. The molecule has 6 nitrogen and oxygen atoms in total. The number of anilines is 2. The summed E-state index contributed by atoms with van der Waals surface area (Å²) in [6.07, 6.45) is 1.90. The molecule has 0 spiro atoms. The Morgan fingerprint density at radius 1 is 1.14 bits per heavy atom. The summed E-state index contributed by atoms with van der Waals surface area (Å²) in [7, 11) is 0. The summed E-state index contributed by atoms with van der Waals surface area (Å²) in [5.74, 6) is 0.756. The predicted molar refractivity (Wildman–Crippen MR) is 112 cm³/mol. The van der Waals surface area contributed by atoms with Crippen LogP contribution in [0, 0.1) is 5.92 Å². The topological polar surface area (TPSA) is 80.3 Å². The molecule has 2 aromatic heterocycles. The third-order valence-electron chi connectivity index (χ3n) is 4.21. The van der Waals surface area contributed by atoms with Gasteiger partial charge in [-0.25, -0.2) is 4.98 Å². The van der Waals surface area contributed by atoms with E-state index in [-0.39, 0.29) is 17.7 Å². The van der Waals surface area contributed by atoms with E-state index in [1.807, 2.05) is 36.6 Å². The van der Waals surface area contributed by atoms with E-state index in [1.165, 1.54) is 22.7 Å². The first-order valence-corrected chi connectivity index (χ1v) is 10.7. The quantitative estimate of drug-likeness (QED) is 0.579. The van der Waals surface area contributed by atoms with E-state index in [9.17, 15) is 9.59 Å². The predicted octanol–water partition coefficient (Wildman–Crippen LogP) is 4.87. The Morgan fingerprint density at radius 3 is 2.64 bits per heavy atom. The molecule has 1 saturated carbocycles. The number of ether oxygens (including phenoxy) is 1. The number of hydrogen-bond donors (Lipinski definition) is 2. The second kappa shape index (κ2) is 8.12. The summed E-state index contributed by atoms with van der Waals surface area (Å²) in [5.41, 5.74) is 1.76. The first-order chi connectivity index (χ1) is 13.6. The number of thiazole rings is 1. The molecule has 1 aliphatic carbocycles. The van der Waals surface area contributed by atoms with Crippen molar-refractivity contribution < 1.29 is 14.3 Å². The van der Waals surface area contributed by atoms with Crippen molar-refractivity contribution in [3.05, 3.63) is 46.7 Å².